The molecule has 84 valence electrons. The van der Waals surface area contributed by atoms with E-state index in [4.69, 9.17) is 17.3 Å². The SMILES string of the molecule is CCCC(C)(N)Cc1ccc(Cl)c(C)c1. The van der Waals surface area contributed by atoms with E-state index in [0.29, 0.717) is 0 Å². The summed E-state index contributed by atoms with van der Waals surface area (Å²) in [5, 5.41) is 0.827. The van der Waals surface area contributed by atoms with Crippen LogP contribution >= 0.6 is 11.6 Å². The Morgan fingerprint density at radius 2 is 2.07 bits per heavy atom. The number of rotatable bonds is 4. The van der Waals surface area contributed by atoms with Gasteiger partial charge in [0.1, 0.15) is 0 Å². The van der Waals surface area contributed by atoms with Crippen molar-refractivity contribution in [3.63, 3.8) is 0 Å². The lowest BCUT2D eigenvalue weighted by Gasteiger charge is -2.24. The molecular weight excluding hydrogens is 206 g/mol. The standard InChI is InChI=1S/C13H20ClN/c1-4-7-13(3,15)9-11-5-6-12(14)10(2)8-11/h5-6,8H,4,7,9,15H2,1-3H3. The maximum Gasteiger partial charge on any atom is 0.0435 e. The molecule has 2 N–H and O–H groups in total. The zero-order chi connectivity index (χ0) is 11.5. The first-order valence-electron chi connectivity index (χ1n) is 5.48. The van der Waals surface area contributed by atoms with Gasteiger partial charge in [0.25, 0.3) is 0 Å². The molecule has 1 rings (SSSR count). The molecule has 0 bridgehead atoms. The summed E-state index contributed by atoms with van der Waals surface area (Å²) in [7, 11) is 0. The summed E-state index contributed by atoms with van der Waals surface area (Å²) < 4.78 is 0. The monoisotopic (exact) mass is 225 g/mol. The molecule has 1 aromatic carbocycles. The molecule has 0 heterocycles. The third kappa shape index (κ3) is 3.84. The van der Waals surface area contributed by atoms with Crippen LogP contribution in [0, 0.1) is 6.92 Å². The molecule has 0 radical (unpaired) electrons. The number of benzene rings is 1. The number of aryl methyl sites for hydroxylation is 1. The first-order valence-corrected chi connectivity index (χ1v) is 5.86. The summed E-state index contributed by atoms with van der Waals surface area (Å²) in [6.45, 7) is 6.30. The minimum absolute atomic E-state index is 0.102. The van der Waals surface area contributed by atoms with Crippen LogP contribution in [0.3, 0.4) is 0 Å². The lowest BCUT2D eigenvalue weighted by atomic mass is 9.89. The second-order valence-electron chi connectivity index (χ2n) is 4.66. The Kier molecular flexibility index (Phi) is 4.18. The summed E-state index contributed by atoms with van der Waals surface area (Å²) in [4.78, 5) is 0. The second-order valence-corrected chi connectivity index (χ2v) is 5.07. The van der Waals surface area contributed by atoms with Crippen LogP contribution in [-0.4, -0.2) is 5.54 Å². The molecule has 2 heteroatoms. The Morgan fingerprint density at radius 1 is 1.40 bits per heavy atom. The van der Waals surface area contributed by atoms with E-state index in [1.807, 2.05) is 13.0 Å². The Balaban J connectivity index is 2.76. The molecule has 1 unspecified atom stereocenters. The molecule has 0 saturated carbocycles. The van der Waals surface area contributed by atoms with E-state index in [1.165, 1.54) is 5.56 Å². The molecule has 0 aromatic heterocycles. The molecule has 0 aliphatic heterocycles. The summed E-state index contributed by atoms with van der Waals surface area (Å²) in [5.74, 6) is 0. The third-order valence-corrected chi connectivity index (χ3v) is 3.08. The van der Waals surface area contributed by atoms with Crippen LogP contribution in [-0.2, 0) is 6.42 Å². The van der Waals surface area contributed by atoms with Gasteiger partial charge in [-0.2, -0.15) is 0 Å². The fourth-order valence-corrected chi connectivity index (χ4v) is 2.06. The number of halogens is 1. The molecule has 1 atom stereocenters. The van der Waals surface area contributed by atoms with Crippen molar-refractivity contribution >= 4 is 11.6 Å². The zero-order valence-corrected chi connectivity index (χ0v) is 10.6. The normalized spacial score (nSPS) is 15.0. The molecule has 0 amide bonds. The third-order valence-electron chi connectivity index (χ3n) is 2.65. The highest BCUT2D eigenvalue weighted by molar-refractivity contribution is 6.31. The van der Waals surface area contributed by atoms with Crippen molar-refractivity contribution in [2.75, 3.05) is 0 Å². The molecule has 15 heavy (non-hydrogen) atoms. The van der Waals surface area contributed by atoms with E-state index >= 15 is 0 Å². The molecule has 1 aromatic rings. The van der Waals surface area contributed by atoms with Crippen LogP contribution < -0.4 is 5.73 Å². The molecule has 0 aliphatic rings. The van der Waals surface area contributed by atoms with E-state index < -0.39 is 0 Å². The quantitative estimate of drug-likeness (QED) is 0.831. The Morgan fingerprint density at radius 3 is 2.60 bits per heavy atom. The van der Waals surface area contributed by atoms with E-state index in [9.17, 15) is 0 Å². The van der Waals surface area contributed by atoms with Crippen LogP contribution in [0.1, 0.15) is 37.8 Å². The first-order chi connectivity index (χ1) is 6.94. The molecule has 1 nitrogen and oxygen atoms in total. The minimum Gasteiger partial charge on any atom is -0.325 e. The number of hydrogen-bond acceptors (Lipinski definition) is 1. The van der Waals surface area contributed by atoms with Gasteiger partial charge in [-0.1, -0.05) is 37.1 Å². The van der Waals surface area contributed by atoms with Gasteiger partial charge in [0.2, 0.25) is 0 Å². The Hall–Kier alpha value is -0.530. The van der Waals surface area contributed by atoms with Crippen molar-refractivity contribution in [1.82, 2.24) is 0 Å². The van der Waals surface area contributed by atoms with Gasteiger partial charge in [-0.05, 0) is 43.9 Å². The predicted octanol–water partition coefficient (Wildman–Crippen LogP) is 3.71. The van der Waals surface area contributed by atoms with Gasteiger partial charge in [0, 0.05) is 10.6 Å². The molecule has 0 fully saturated rings. The Bertz CT molecular complexity index is 331. The van der Waals surface area contributed by atoms with Crippen LogP contribution in [0.25, 0.3) is 0 Å². The summed E-state index contributed by atoms with van der Waals surface area (Å²) in [6, 6.07) is 6.15. The van der Waals surface area contributed by atoms with Crippen molar-refractivity contribution in [3.8, 4) is 0 Å². The highest BCUT2D eigenvalue weighted by atomic mass is 35.5. The van der Waals surface area contributed by atoms with Gasteiger partial charge in [-0.25, -0.2) is 0 Å². The second kappa shape index (κ2) is 5.00. The lowest BCUT2D eigenvalue weighted by Crippen LogP contribution is -2.38. The van der Waals surface area contributed by atoms with Crippen molar-refractivity contribution < 1.29 is 0 Å². The number of hydrogen-bond donors (Lipinski definition) is 1. The van der Waals surface area contributed by atoms with Gasteiger partial charge < -0.3 is 5.73 Å². The fraction of sp³-hybridized carbons (Fsp3) is 0.538. The molecule has 0 spiro atoms. The van der Waals surface area contributed by atoms with Crippen LogP contribution in [0.4, 0.5) is 0 Å². The molecular formula is C13H20ClN. The fourth-order valence-electron chi connectivity index (χ4n) is 1.94. The molecule has 0 aliphatic carbocycles. The van der Waals surface area contributed by atoms with Crippen molar-refractivity contribution in [2.24, 2.45) is 5.73 Å². The topological polar surface area (TPSA) is 26.0 Å². The van der Waals surface area contributed by atoms with Gasteiger partial charge in [-0.15, -0.1) is 0 Å². The largest absolute Gasteiger partial charge is 0.325 e. The lowest BCUT2D eigenvalue weighted by molar-refractivity contribution is 0.424. The highest BCUT2D eigenvalue weighted by Crippen LogP contribution is 2.21. The van der Waals surface area contributed by atoms with Crippen molar-refractivity contribution in [3.05, 3.63) is 34.3 Å². The van der Waals surface area contributed by atoms with Crippen LogP contribution in [0.5, 0.6) is 0 Å². The van der Waals surface area contributed by atoms with Crippen molar-refractivity contribution in [2.45, 2.75) is 45.6 Å². The van der Waals surface area contributed by atoms with E-state index in [-0.39, 0.29) is 5.54 Å². The van der Waals surface area contributed by atoms with Crippen molar-refractivity contribution in [1.29, 1.82) is 0 Å². The highest BCUT2D eigenvalue weighted by Gasteiger charge is 2.17. The van der Waals surface area contributed by atoms with Gasteiger partial charge in [0.15, 0.2) is 0 Å². The van der Waals surface area contributed by atoms with Gasteiger partial charge in [0.05, 0.1) is 0 Å². The smallest absolute Gasteiger partial charge is 0.0435 e. The predicted molar refractivity (Wildman–Crippen MR) is 67.4 cm³/mol. The van der Waals surface area contributed by atoms with E-state index in [1.54, 1.807) is 0 Å². The molecule has 0 saturated heterocycles. The average molecular weight is 226 g/mol. The minimum atomic E-state index is -0.102. The van der Waals surface area contributed by atoms with Crippen LogP contribution in [0.2, 0.25) is 5.02 Å². The van der Waals surface area contributed by atoms with E-state index in [2.05, 4.69) is 26.0 Å². The van der Waals surface area contributed by atoms with Crippen LogP contribution in [0.15, 0.2) is 18.2 Å². The van der Waals surface area contributed by atoms with Gasteiger partial charge >= 0.3 is 0 Å². The Labute approximate surface area is 97.6 Å². The maximum absolute atomic E-state index is 6.21. The zero-order valence-electron chi connectivity index (χ0n) is 9.81. The summed E-state index contributed by atoms with van der Waals surface area (Å²) in [6.07, 6.45) is 3.09. The summed E-state index contributed by atoms with van der Waals surface area (Å²) in [5.41, 5.74) is 8.51. The number of nitrogens with two attached hydrogens (primary N) is 1. The first kappa shape index (κ1) is 12.5. The summed E-state index contributed by atoms with van der Waals surface area (Å²) >= 11 is 5.98. The van der Waals surface area contributed by atoms with Gasteiger partial charge in [-0.3, -0.25) is 0 Å². The average Bonchev–Trinajstić information content (AvgIpc) is 2.10. The maximum atomic E-state index is 6.21. The van der Waals surface area contributed by atoms with E-state index in [0.717, 1.165) is 29.8 Å².